The second-order valence-corrected chi connectivity index (χ2v) is 9.00. The third-order valence-corrected chi connectivity index (χ3v) is 6.77. The predicted molar refractivity (Wildman–Crippen MR) is 126 cm³/mol. The van der Waals surface area contributed by atoms with Gasteiger partial charge >= 0.3 is 0 Å². The number of nitrogens with zero attached hydrogens (tertiary/aromatic N) is 3. The van der Waals surface area contributed by atoms with Crippen LogP contribution in [-0.4, -0.2) is 20.6 Å². The number of hydrogen-bond acceptors (Lipinski definition) is 4. The zero-order valence-corrected chi connectivity index (χ0v) is 19.3. The van der Waals surface area contributed by atoms with Crippen LogP contribution in [0, 0.1) is 25.2 Å². The van der Waals surface area contributed by atoms with Gasteiger partial charge in [-0.3, -0.25) is 14.5 Å². The molecule has 1 aromatic heterocycles. The first-order chi connectivity index (χ1) is 14.9. The summed E-state index contributed by atoms with van der Waals surface area (Å²) >= 11 is 4.53. The average molecular weight is 492 g/mol. The molecular weight excluding hydrogens is 474 g/mol. The Bertz CT molecular complexity index is 1290. The molecule has 2 aromatic carbocycles. The van der Waals surface area contributed by atoms with Gasteiger partial charge in [0.25, 0.3) is 11.1 Å². The van der Waals surface area contributed by atoms with Crippen molar-refractivity contribution in [2.75, 3.05) is 0 Å². The molecule has 0 bridgehead atoms. The standard InChI is InChI=1S/C24H18BrN3O2S/c1-15-11-19(16(2)28(15)21-10-6-5-9-20(21)25)12-22-23(29)27(24(30)31-22)14-18-8-4-3-7-17(18)13-26/h3-12H,14H2,1-2H3/b22-12+. The number of halogens is 1. The first kappa shape index (κ1) is 21.2. The van der Waals surface area contributed by atoms with Gasteiger partial charge in [0.15, 0.2) is 0 Å². The minimum Gasteiger partial charge on any atom is -0.317 e. The van der Waals surface area contributed by atoms with E-state index < -0.39 is 0 Å². The Morgan fingerprint density at radius 3 is 2.55 bits per heavy atom. The van der Waals surface area contributed by atoms with Gasteiger partial charge in [0.2, 0.25) is 0 Å². The van der Waals surface area contributed by atoms with Crippen molar-refractivity contribution < 1.29 is 9.59 Å². The second kappa shape index (κ2) is 8.58. The molecular formula is C24H18BrN3O2S. The van der Waals surface area contributed by atoms with E-state index in [9.17, 15) is 14.9 Å². The highest BCUT2D eigenvalue weighted by atomic mass is 79.9. The number of hydrogen-bond donors (Lipinski definition) is 0. The van der Waals surface area contributed by atoms with Crippen LogP contribution in [0.25, 0.3) is 11.8 Å². The van der Waals surface area contributed by atoms with Crippen molar-refractivity contribution >= 4 is 44.9 Å². The van der Waals surface area contributed by atoms with Crippen LogP contribution in [-0.2, 0) is 11.3 Å². The van der Waals surface area contributed by atoms with Gasteiger partial charge in [-0.05, 0) is 83.0 Å². The second-order valence-electron chi connectivity index (χ2n) is 7.15. The van der Waals surface area contributed by atoms with Gasteiger partial charge in [0.1, 0.15) is 0 Å². The monoisotopic (exact) mass is 491 g/mol. The Morgan fingerprint density at radius 2 is 1.81 bits per heavy atom. The van der Waals surface area contributed by atoms with Crippen LogP contribution in [0.2, 0.25) is 0 Å². The quantitative estimate of drug-likeness (QED) is 0.422. The summed E-state index contributed by atoms with van der Waals surface area (Å²) in [5.41, 5.74) is 5.02. The highest BCUT2D eigenvalue weighted by Gasteiger charge is 2.35. The van der Waals surface area contributed by atoms with E-state index in [0.29, 0.717) is 16.0 Å². The number of rotatable bonds is 4. The van der Waals surface area contributed by atoms with E-state index in [4.69, 9.17) is 0 Å². The van der Waals surface area contributed by atoms with Crippen LogP contribution in [0.15, 0.2) is 64.0 Å². The predicted octanol–water partition coefficient (Wildman–Crippen LogP) is 5.96. The first-order valence-electron chi connectivity index (χ1n) is 9.58. The summed E-state index contributed by atoms with van der Waals surface area (Å²) in [6.07, 6.45) is 1.77. The zero-order valence-electron chi connectivity index (χ0n) is 16.9. The molecule has 0 N–H and O–H groups in total. The minimum absolute atomic E-state index is 0.0850. The molecule has 0 radical (unpaired) electrons. The van der Waals surface area contributed by atoms with Crippen LogP contribution in [0.4, 0.5) is 4.79 Å². The molecule has 1 aliphatic heterocycles. The van der Waals surface area contributed by atoms with Gasteiger partial charge < -0.3 is 4.57 Å². The normalized spacial score (nSPS) is 15.0. The smallest absolute Gasteiger partial charge is 0.293 e. The lowest BCUT2D eigenvalue weighted by atomic mass is 10.1. The Labute approximate surface area is 193 Å². The van der Waals surface area contributed by atoms with Crippen LogP contribution < -0.4 is 0 Å². The van der Waals surface area contributed by atoms with Crippen LogP contribution in [0.1, 0.15) is 28.1 Å². The van der Waals surface area contributed by atoms with Gasteiger partial charge in [0.05, 0.1) is 28.8 Å². The number of nitriles is 1. The molecule has 154 valence electrons. The molecule has 0 atom stereocenters. The van der Waals surface area contributed by atoms with Gasteiger partial charge in [-0.15, -0.1) is 0 Å². The highest BCUT2D eigenvalue weighted by Crippen LogP contribution is 2.35. The number of carbonyl (C=O) groups is 2. The Kier molecular flexibility index (Phi) is 5.86. The van der Waals surface area contributed by atoms with Crippen LogP contribution >= 0.6 is 27.7 Å². The van der Waals surface area contributed by atoms with E-state index in [1.807, 2.05) is 44.2 Å². The summed E-state index contributed by atoms with van der Waals surface area (Å²) in [6, 6.07) is 19.1. The number of aromatic nitrogens is 1. The molecule has 3 aromatic rings. The fraction of sp³-hybridized carbons (Fsp3) is 0.125. The number of aryl methyl sites for hydroxylation is 1. The molecule has 0 saturated carbocycles. The van der Waals surface area contributed by atoms with E-state index in [-0.39, 0.29) is 17.7 Å². The largest absolute Gasteiger partial charge is 0.317 e. The molecule has 31 heavy (non-hydrogen) atoms. The summed E-state index contributed by atoms with van der Waals surface area (Å²) in [7, 11) is 0. The van der Waals surface area contributed by atoms with E-state index >= 15 is 0 Å². The van der Waals surface area contributed by atoms with E-state index in [1.165, 1.54) is 4.90 Å². The molecule has 0 unspecified atom stereocenters. The molecule has 1 aliphatic rings. The lowest BCUT2D eigenvalue weighted by molar-refractivity contribution is -0.123. The number of carbonyl (C=O) groups excluding carboxylic acids is 2. The lowest BCUT2D eigenvalue weighted by Crippen LogP contribution is -2.27. The Balaban J connectivity index is 1.66. The molecule has 5 nitrogen and oxygen atoms in total. The summed E-state index contributed by atoms with van der Waals surface area (Å²) in [4.78, 5) is 27.1. The van der Waals surface area contributed by atoms with Crippen molar-refractivity contribution in [1.29, 1.82) is 5.26 Å². The summed E-state index contributed by atoms with van der Waals surface area (Å²) < 4.78 is 3.09. The number of imide groups is 1. The van der Waals surface area contributed by atoms with Crippen LogP contribution in [0.5, 0.6) is 0 Å². The fourth-order valence-corrected chi connectivity index (χ4v) is 4.94. The number of para-hydroxylation sites is 1. The van der Waals surface area contributed by atoms with Crippen molar-refractivity contribution in [3.8, 4) is 11.8 Å². The lowest BCUT2D eigenvalue weighted by Gasteiger charge is -2.13. The van der Waals surface area contributed by atoms with Crippen molar-refractivity contribution in [1.82, 2.24) is 9.47 Å². The Morgan fingerprint density at radius 1 is 1.10 bits per heavy atom. The maximum absolute atomic E-state index is 13.0. The average Bonchev–Trinajstić information content (AvgIpc) is 3.18. The fourth-order valence-electron chi connectivity index (χ4n) is 3.65. The number of thioether (sulfide) groups is 1. The van der Waals surface area contributed by atoms with Crippen molar-refractivity contribution in [3.63, 3.8) is 0 Å². The van der Waals surface area contributed by atoms with E-state index in [0.717, 1.165) is 38.9 Å². The van der Waals surface area contributed by atoms with Gasteiger partial charge in [0, 0.05) is 15.9 Å². The third kappa shape index (κ3) is 3.97. The first-order valence-corrected chi connectivity index (χ1v) is 11.2. The molecule has 1 fully saturated rings. The molecule has 2 heterocycles. The van der Waals surface area contributed by atoms with E-state index in [2.05, 4.69) is 26.6 Å². The summed E-state index contributed by atoms with van der Waals surface area (Å²) in [6.45, 7) is 4.09. The highest BCUT2D eigenvalue weighted by molar-refractivity contribution is 9.10. The zero-order chi connectivity index (χ0) is 22.1. The van der Waals surface area contributed by atoms with Crippen molar-refractivity contribution in [2.24, 2.45) is 0 Å². The van der Waals surface area contributed by atoms with Gasteiger partial charge in [-0.2, -0.15) is 5.26 Å². The summed E-state index contributed by atoms with van der Waals surface area (Å²) in [5, 5.41) is 8.95. The molecule has 1 saturated heterocycles. The molecule has 0 aliphatic carbocycles. The number of benzene rings is 2. The maximum Gasteiger partial charge on any atom is 0.293 e. The van der Waals surface area contributed by atoms with Crippen molar-refractivity contribution in [2.45, 2.75) is 20.4 Å². The SMILES string of the molecule is Cc1cc(/C=C2/SC(=O)N(Cc3ccccc3C#N)C2=O)c(C)n1-c1ccccc1Br. The topological polar surface area (TPSA) is 66.1 Å². The molecule has 0 spiro atoms. The Hall–Kier alpha value is -3.08. The maximum atomic E-state index is 13.0. The van der Waals surface area contributed by atoms with E-state index in [1.54, 1.807) is 30.3 Å². The third-order valence-electron chi connectivity index (χ3n) is 5.19. The van der Waals surface area contributed by atoms with Crippen LogP contribution in [0.3, 0.4) is 0 Å². The molecule has 7 heteroatoms. The summed E-state index contributed by atoms with van der Waals surface area (Å²) in [5.74, 6) is -0.339. The number of amides is 2. The van der Waals surface area contributed by atoms with Crippen molar-refractivity contribution in [3.05, 3.63) is 92.1 Å². The molecule has 2 amide bonds. The minimum atomic E-state index is -0.339. The van der Waals surface area contributed by atoms with Gasteiger partial charge in [-0.25, -0.2) is 0 Å². The molecule has 4 rings (SSSR count). The van der Waals surface area contributed by atoms with Gasteiger partial charge in [-0.1, -0.05) is 30.3 Å².